The lowest BCUT2D eigenvalue weighted by atomic mass is 10.1. The maximum atomic E-state index is 11.9. The number of thioether (sulfide) groups is 1. The number of rotatable bonds is 2. The van der Waals surface area contributed by atoms with Crippen LogP contribution < -0.4 is 11.1 Å². The van der Waals surface area contributed by atoms with Crippen molar-refractivity contribution in [2.45, 2.75) is 12.5 Å². The Morgan fingerprint density at radius 1 is 1.56 bits per heavy atom. The van der Waals surface area contributed by atoms with Crippen molar-refractivity contribution in [1.82, 2.24) is 5.32 Å². The van der Waals surface area contributed by atoms with Crippen molar-refractivity contribution in [3.63, 3.8) is 0 Å². The molecule has 1 atom stereocenters. The second-order valence-electron chi connectivity index (χ2n) is 3.81. The van der Waals surface area contributed by atoms with Crippen molar-refractivity contribution < 1.29 is 9.90 Å². The highest BCUT2D eigenvalue weighted by molar-refractivity contribution is 7.99. The van der Waals surface area contributed by atoms with Gasteiger partial charge in [0.1, 0.15) is 5.75 Å². The molecule has 5 heteroatoms. The van der Waals surface area contributed by atoms with Crippen molar-refractivity contribution in [3.05, 3.63) is 23.8 Å². The van der Waals surface area contributed by atoms with E-state index in [-0.39, 0.29) is 17.7 Å². The Labute approximate surface area is 98.2 Å². The van der Waals surface area contributed by atoms with Gasteiger partial charge in [-0.05, 0) is 30.4 Å². The van der Waals surface area contributed by atoms with E-state index in [0.29, 0.717) is 11.3 Å². The second-order valence-corrected chi connectivity index (χ2v) is 4.96. The molecule has 86 valence electrons. The van der Waals surface area contributed by atoms with Crippen LogP contribution in [0.4, 0.5) is 5.69 Å². The first-order valence-corrected chi connectivity index (χ1v) is 6.29. The summed E-state index contributed by atoms with van der Waals surface area (Å²) in [5.41, 5.74) is 6.42. The van der Waals surface area contributed by atoms with Crippen molar-refractivity contribution in [3.8, 4) is 5.75 Å². The van der Waals surface area contributed by atoms with Crippen LogP contribution in [0.2, 0.25) is 0 Å². The Balaban J connectivity index is 2.10. The van der Waals surface area contributed by atoms with Gasteiger partial charge in [-0.1, -0.05) is 0 Å². The molecule has 0 radical (unpaired) electrons. The van der Waals surface area contributed by atoms with Gasteiger partial charge in [0.15, 0.2) is 0 Å². The number of nitrogen functional groups attached to an aromatic ring is 1. The van der Waals surface area contributed by atoms with Crippen LogP contribution in [0.15, 0.2) is 18.2 Å². The van der Waals surface area contributed by atoms with E-state index >= 15 is 0 Å². The fourth-order valence-electron chi connectivity index (χ4n) is 1.65. The van der Waals surface area contributed by atoms with Gasteiger partial charge in [-0.3, -0.25) is 4.79 Å². The molecule has 1 saturated heterocycles. The molecule has 1 aromatic rings. The average Bonchev–Trinajstić information content (AvgIpc) is 2.74. The molecule has 1 amide bonds. The predicted molar refractivity (Wildman–Crippen MR) is 65.7 cm³/mol. The van der Waals surface area contributed by atoms with Gasteiger partial charge < -0.3 is 16.2 Å². The van der Waals surface area contributed by atoms with Crippen LogP contribution in [0.3, 0.4) is 0 Å². The third-order valence-corrected chi connectivity index (χ3v) is 3.71. The molecule has 2 rings (SSSR count). The highest BCUT2D eigenvalue weighted by Crippen LogP contribution is 2.21. The SMILES string of the molecule is Nc1ccc(O)cc1C(=O)NC1CCSC1. The standard InChI is InChI=1S/C11H14N2O2S/c12-10-2-1-8(14)5-9(10)11(15)13-7-3-4-16-6-7/h1-2,5,7,14H,3-4,6,12H2,(H,13,15). The average molecular weight is 238 g/mol. The molecule has 1 unspecified atom stereocenters. The van der Waals surface area contributed by atoms with Gasteiger partial charge >= 0.3 is 0 Å². The van der Waals surface area contributed by atoms with Crippen molar-refractivity contribution >= 4 is 23.4 Å². The number of phenolic OH excluding ortho intramolecular Hbond substituents is 1. The van der Waals surface area contributed by atoms with Crippen LogP contribution in [-0.2, 0) is 0 Å². The largest absolute Gasteiger partial charge is 0.508 e. The molecule has 1 aliphatic heterocycles. The third kappa shape index (κ3) is 2.41. The molecule has 0 aliphatic carbocycles. The summed E-state index contributed by atoms with van der Waals surface area (Å²) in [5.74, 6) is 1.88. The minimum absolute atomic E-state index is 0.0557. The maximum absolute atomic E-state index is 11.9. The van der Waals surface area contributed by atoms with E-state index in [4.69, 9.17) is 5.73 Å². The molecular weight excluding hydrogens is 224 g/mol. The van der Waals surface area contributed by atoms with E-state index in [9.17, 15) is 9.90 Å². The topological polar surface area (TPSA) is 75.3 Å². The zero-order chi connectivity index (χ0) is 11.5. The van der Waals surface area contributed by atoms with Crippen molar-refractivity contribution in [1.29, 1.82) is 0 Å². The summed E-state index contributed by atoms with van der Waals surface area (Å²) >= 11 is 1.83. The Morgan fingerprint density at radius 3 is 3.06 bits per heavy atom. The summed E-state index contributed by atoms with van der Waals surface area (Å²) in [7, 11) is 0. The molecule has 1 aliphatic rings. The van der Waals surface area contributed by atoms with Gasteiger partial charge in [0.05, 0.1) is 5.56 Å². The Kier molecular flexibility index (Phi) is 3.24. The van der Waals surface area contributed by atoms with Gasteiger partial charge in [-0.2, -0.15) is 11.8 Å². The number of hydrogen-bond acceptors (Lipinski definition) is 4. The van der Waals surface area contributed by atoms with E-state index in [1.54, 1.807) is 0 Å². The van der Waals surface area contributed by atoms with Crippen molar-refractivity contribution in [2.24, 2.45) is 0 Å². The van der Waals surface area contributed by atoms with E-state index in [1.807, 2.05) is 11.8 Å². The third-order valence-electron chi connectivity index (χ3n) is 2.55. The van der Waals surface area contributed by atoms with Gasteiger partial charge in [-0.15, -0.1) is 0 Å². The monoisotopic (exact) mass is 238 g/mol. The number of nitrogens with one attached hydrogen (secondary N) is 1. The summed E-state index contributed by atoms with van der Waals surface area (Å²) in [5, 5.41) is 12.2. The Hall–Kier alpha value is -1.36. The molecule has 0 spiro atoms. The van der Waals surface area contributed by atoms with Crippen LogP contribution in [-0.4, -0.2) is 28.6 Å². The number of aromatic hydroxyl groups is 1. The molecule has 0 saturated carbocycles. The Bertz CT molecular complexity index is 403. The van der Waals surface area contributed by atoms with E-state index in [2.05, 4.69) is 5.32 Å². The molecule has 1 aromatic carbocycles. The second kappa shape index (κ2) is 4.65. The summed E-state index contributed by atoms with van der Waals surface area (Å²) in [6.07, 6.45) is 0.995. The van der Waals surface area contributed by atoms with Crippen LogP contribution in [0.25, 0.3) is 0 Å². The number of carbonyl (C=O) groups excluding carboxylic acids is 1. The van der Waals surface area contributed by atoms with Crippen LogP contribution in [0, 0.1) is 0 Å². The maximum Gasteiger partial charge on any atom is 0.253 e. The molecular formula is C11H14N2O2S. The predicted octanol–water partition coefficient (Wildman–Crippen LogP) is 1.21. The first-order chi connectivity index (χ1) is 7.66. The molecule has 1 fully saturated rings. The molecule has 1 heterocycles. The number of amides is 1. The smallest absolute Gasteiger partial charge is 0.253 e. The minimum Gasteiger partial charge on any atom is -0.508 e. The summed E-state index contributed by atoms with van der Waals surface area (Å²) < 4.78 is 0. The summed E-state index contributed by atoms with van der Waals surface area (Å²) in [4.78, 5) is 11.9. The van der Waals surface area contributed by atoms with Gasteiger partial charge in [0.25, 0.3) is 5.91 Å². The quantitative estimate of drug-likeness (QED) is 0.535. The number of nitrogens with two attached hydrogens (primary N) is 1. The van der Waals surface area contributed by atoms with Gasteiger partial charge in [0.2, 0.25) is 0 Å². The van der Waals surface area contributed by atoms with Crippen LogP contribution >= 0.6 is 11.8 Å². The number of hydrogen-bond donors (Lipinski definition) is 3. The normalized spacial score (nSPS) is 19.6. The van der Waals surface area contributed by atoms with E-state index < -0.39 is 0 Å². The lowest BCUT2D eigenvalue weighted by Crippen LogP contribution is -2.34. The Morgan fingerprint density at radius 2 is 2.38 bits per heavy atom. The zero-order valence-corrected chi connectivity index (χ0v) is 9.59. The first kappa shape index (κ1) is 11.1. The fourth-order valence-corrected chi connectivity index (χ4v) is 2.80. The van der Waals surface area contributed by atoms with E-state index in [0.717, 1.165) is 17.9 Å². The van der Waals surface area contributed by atoms with Gasteiger partial charge in [0, 0.05) is 17.5 Å². The van der Waals surface area contributed by atoms with Gasteiger partial charge in [-0.25, -0.2) is 0 Å². The van der Waals surface area contributed by atoms with Crippen LogP contribution in [0.5, 0.6) is 5.75 Å². The lowest BCUT2D eigenvalue weighted by molar-refractivity contribution is 0.0941. The zero-order valence-electron chi connectivity index (χ0n) is 8.77. The van der Waals surface area contributed by atoms with Crippen LogP contribution in [0.1, 0.15) is 16.8 Å². The first-order valence-electron chi connectivity index (χ1n) is 5.14. The highest BCUT2D eigenvalue weighted by Gasteiger charge is 2.19. The molecule has 4 N–H and O–H groups in total. The van der Waals surface area contributed by atoms with Crippen molar-refractivity contribution in [2.75, 3.05) is 17.2 Å². The number of anilines is 1. The fraction of sp³-hybridized carbons (Fsp3) is 0.364. The molecule has 4 nitrogen and oxygen atoms in total. The number of phenols is 1. The molecule has 0 bridgehead atoms. The molecule has 0 aromatic heterocycles. The summed E-state index contributed by atoms with van der Waals surface area (Å²) in [6.45, 7) is 0. The van der Waals surface area contributed by atoms with E-state index in [1.165, 1.54) is 18.2 Å². The highest BCUT2D eigenvalue weighted by atomic mass is 32.2. The number of carbonyl (C=O) groups is 1. The lowest BCUT2D eigenvalue weighted by Gasteiger charge is -2.12. The summed E-state index contributed by atoms with van der Waals surface area (Å²) in [6, 6.07) is 4.62. The molecule has 16 heavy (non-hydrogen) atoms. The number of benzene rings is 1. The minimum atomic E-state index is -0.207.